The van der Waals surface area contributed by atoms with Crippen molar-refractivity contribution in [3.05, 3.63) is 54.1 Å². The van der Waals surface area contributed by atoms with Gasteiger partial charge in [0.25, 0.3) is 0 Å². The monoisotopic (exact) mass is 495 g/mol. The quantitative estimate of drug-likeness (QED) is 0.503. The van der Waals surface area contributed by atoms with Gasteiger partial charge in [0.05, 0.1) is 10.3 Å². The molecule has 2 aromatic carbocycles. The van der Waals surface area contributed by atoms with E-state index in [9.17, 15) is 27.1 Å². The van der Waals surface area contributed by atoms with E-state index in [1.165, 1.54) is 19.2 Å². The number of hydrogen-bond donors (Lipinski definition) is 2. The minimum absolute atomic E-state index is 0.0550. The minimum Gasteiger partial charge on any atom is -0.481 e. The van der Waals surface area contributed by atoms with E-state index in [1.807, 2.05) is 12.1 Å². The molecule has 6 nitrogen and oxygen atoms in total. The highest BCUT2D eigenvalue weighted by Crippen LogP contribution is 2.37. The summed E-state index contributed by atoms with van der Waals surface area (Å²) < 4.78 is 57.9. The zero-order chi connectivity index (χ0) is 25.0. The lowest BCUT2D eigenvalue weighted by atomic mass is 9.76. The fraction of sp³-hybridized carbons (Fsp3) is 0.480. The fourth-order valence-electron chi connectivity index (χ4n) is 4.27. The number of ether oxygens (including phenoxy) is 1. The van der Waals surface area contributed by atoms with Gasteiger partial charge < -0.3 is 15.2 Å². The summed E-state index contributed by atoms with van der Waals surface area (Å²) in [4.78, 5) is 12.0. The Morgan fingerprint density at radius 1 is 1.09 bits per heavy atom. The maximum Gasteiger partial charge on any atom is 0.309 e. The molecule has 1 unspecified atom stereocenters. The van der Waals surface area contributed by atoms with Crippen LogP contribution in [0.25, 0.3) is 11.1 Å². The van der Waals surface area contributed by atoms with Crippen molar-refractivity contribution < 1.29 is 31.8 Å². The Labute approximate surface area is 199 Å². The van der Waals surface area contributed by atoms with Gasteiger partial charge in [0, 0.05) is 20.0 Å². The van der Waals surface area contributed by atoms with Gasteiger partial charge in [-0.1, -0.05) is 36.4 Å². The fourth-order valence-corrected chi connectivity index (χ4v) is 5.88. The highest BCUT2D eigenvalue weighted by atomic mass is 32.2. The Morgan fingerprint density at radius 3 is 2.09 bits per heavy atom. The molecule has 2 N–H and O–H groups in total. The van der Waals surface area contributed by atoms with E-state index in [4.69, 9.17) is 4.74 Å². The van der Waals surface area contributed by atoms with Crippen molar-refractivity contribution in [1.82, 2.24) is 5.32 Å². The lowest BCUT2D eigenvalue weighted by molar-refractivity contribution is -0.152. The zero-order valence-corrected chi connectivity index (χ0v) is 20.2. The van der Waals surface area contributed by atoms with Crippen LogP contribution in [0.3, 0.4) is 0 Å². The van der Waals surface area contributed by atoms with E-state index < -0.39 is 32.6 Å². The molecule has 0 amide bonds. The number of hydrogen-bond acceptors (Lipinski definition) is 5. The van der Waals surface area contributed by atoms with Crippen LogP contribution < -0.4 is 5.32 Å². The lowest BCUT2D eigenvalue weighted by Gasteiger charge is -2.35. The molecule has 1 saturated heterocycles. The van der Waals surface area contributed by atoms with Crippen molar-refractivity contribution >= 4 is 15.8 Å². The highest BCUT2D eigenvalue weighted by molar-refractivity contribution is 7.91. The number of methoxy groups -OCH3 is 1. The summed E-state index contributed by atoms with van der Waals surface area (Å²) in [5.41, 5.74) is -0.0109. The Bertz CT molecular complexity index is 1070. The van der Waals surface area contributed by atoms with Gasteiger partial charge >= 0.3 is 5.97 Å². The summed E-state index contributed by atoms with van der Waals surface area (Å²) in [7, 11) is -2.65. The summed E-state index contributed by atoms with van der Waals surface area (Å²) in [6.07, 6.45) is 0.598. The third-order valence-corrected chi connectivity index (χ3v) is 8.48. The van der Waals surface area contributed by atoms with Crippen LogP contribution in [0.1, 0.15) is 38.2 Å². The number of alkyl halides is 2. The van der Waals surface area contributed by atoms with Gasteiger partial charge in [-0.3, -0.25) is 4.79 Å². The van der Waals surface area contributed by atoms with Crippen molar-refractivity contribution in [1.29, 1.82) is 0 Å². The summed E-state index contributed by atoms with van der Waals surface area (Å²) >= 11 is 0. The van der Waals surface area contributed by atoms with Crippen molar-refractivity contribution in [3.8, 4) is 11.1 Å². The number of nitrogens with one attached hydrogen (secondary N) is 1. The van der Waals surface area contributed by atoms with Gasteiger partial charge in [-0.05, 0) is 68.1 Å². The number of carboxylic acids is 1. The zero-order valence-electron chi connectivity index (χ0n) is 19.4. The molecular weight excluding hydrogens is 464 g/mol. The molecule has 186 valence electrons. The number of benzene rings is 2. The smallest absolute Gasteiger partial charge is 0.309 e. The molecule has 1 fully saturated rings. The van der Waals surface area contributed by atoms with Gasteiger partial charge in [0.1, 0.15) is 0 Å². The van der Waals surface area contributed by atoms with Gasteiger partial charge in [0.15, 0.2) is 5.44 Å². The average Bonchev–Trinajstić information content (AvgIpc) is 2.81. The average molecular weight is 496 g/mol. The maximum absolute atomic E-state index is 13.3. The third-order valence-electron chi connectivity index (χ3n) is 6.50. The van der Waals surface area contributed by atoms with Crippen LogP contribution >= 0.6 is 0 Å². The number of rotatable bonds is 10. The molecule has 0 radical (unpaired) electrons. The standard InChI is InChI=1S/C25H31F2NO5S/c1-24(26,27)12-11-18-3-5-19(6-4-18)20-7-9-21(10-8-20)34(31,32)22(33-2)17-25(23(29)30)13-15-28-16-14-25/h3-10,22,28H,11-17H2,1-2H3,(H,29,30). The van der Waals surface area contributed by atoms with E-state index in [2.05, 4.69) is 5.32 Å². The summed E-state index contributed by atoms with van der Waals surface area (Å²) in [5.74, 6) is -3.72. The van der Waals surface area contributed by atoms with Crippen LogP contribution in [0.5, 0.6) is 0 Å². The topological polar surface area (TPSA) is 92.7 Å². The molecule has 0 spiro atoms. The van der Waals surface area contributed by atoms with E-state index in [-0.39, 0.29) is 24.2 Å². The van der Waals surface area contributed by atoms with Gasteiger partial charge in [-0.15, -0.1) is 0 Å². The largest absolute Gasteiger partial charge is 0.481 e. The molecule has 9 heteroatoms. The second-order valence-corrected chi connectivity index (χ2v) is 11.1. The SMILES string of the molecule is COC(CC1(C(=O)O)CCNCC1)S(=O)(=O)c1ccc(-c2ccc(CCC(C)(F)F)cc2)cc1. The Balaban J connectivity index is 1.76. The van der Waals surface area contributed by atoms with Crippen molar-refractivity contribution in [2.75, 3.05) is 20.2 Å². The highest BCUT2D eigenvalue weighted by Gasteiger charge is 2.45. The Morgan fingerprint density at radius 2 is 1.62 bits per heavy atom. The first-order valence-electron chi connectivity index (χ1n) is 11.2. The van der Waals surface area contributed by atoms with Crippen molar-refractivity contribution in [3.63, 3.8) is 0 Å². The molecule has 0 saturated carbocycles. The maximum atomic E-state index is 13.3. The normalized spacial score (nSPS) is 17.3. The molecule has 1 aliphatic heterocycles. The first-order valence-corrected chi connectivity index (χ1v) is 12.8. The second-order valence-electron chi connectivity index (χ2n) is 9.04. The van der Waals surface area contributed by atoms with Gasteiger partial charge in [0.2, 0.25) is 15.8 Å². The number of carbonyl (C=O) groups is 1. The number of aryl methyl sites for hydroxylation is 1. The lowest BCUT2D eigenvalue weighted by Crippen LogP contribution is -2.45. The van der Waals surface area contributed by atoms with Gasteiger partial charge in [-0.25, -0.2) is 17.2 Å². The first-order chi connectivity index (χ1) is 16.0. The van der Waals surface area contributed by atoms with Crippen molar-refractivity contribution in [2.24, 2.45) is 5.41 Å². The van der Waals surface area contributed by atoms with E-state index >= 15 is 0 Å². The Hall–Kier alpha value is -2.36. The van der Waals surface area contributed by atoms with E-state index in [0.29, 0.717) is 25.9 Å². The van der Waals surface area contributed by atoms with Crippen LogP contribution in [-0.2, 0) is 25.8 Å². The Kier molecular flexibility index (Phi) is 8.10. The molecule has 3 rings (SSSR count). The van der Waals surface area contributed by atoms with Crippen LogP contribution in [-0.4, -0.2) is 51.1 Å². The molecule has 0 bridgehead atoms. The van der Waals surface area contributed by atoms with E-state index in [0.717, 1.165) is 23.6 Å². The number of aliphatic carboxylic acids is 1. The predicted molar refractivity (Wildman–Crippen MR) is 126 cm³/mol. The third kappa shape index (κ3) is 6.20. The van der Waals surface area contributed by atoms with E-state index in [1.54, 1.807) is 24.3 Å². The first kappa shape index (κ1) is 26.2. The number of sulfone groups is 1. The number of carboxylic acid groups (broad SMARTS) is 1. The van der Waals surface area contributed by atoms with Gasteiger partial charge in [-0.2, -0.15) is 0 Å². The summed E-state index contributed by atoms with van der Waals surface area (Å²) in [6.45, 7) is 1.92. The summed E-state index contributed by atoms with van der Waals surface area (Å²) in [6, 6.07) is 13.5. The summed E-state index contributed by atoms with van der Waals surface area (Å²) in [5, 5.41) is 12.9. The second kappa shape index (κ2) is 10.5. The molecule has 34 heavy (non-hydrogen) atoms. The molecule has 2 aromatic rings. The molecule has 1 heterocycles. The molecule has 0 aliphatic carbocycles. The van der Waals surface area contributed by atoms with Crippen LogP contribution in [0.2, 0.25) is 0 Å². The molecule has 1 aliphatic rings. The number of piperidine rings is 1. The number of halogens is 2. The van der Waals surface area contributed by atoms with Crippen LogP contribution in [0.4, 0.5) is 8.78 Å². The van der Waals surface area contributed by atoms with Crippen LogP contribution in [0, 0.1) is 5.41 Å². The predicted octanol–water partition coefficient (Wildman–Crippen LogP) is 4.53. The molecule has 0 aromatic heterocycles. The molecular formula is C25H31F2NO5S. The molecule has 1 atom stereocenters. The minimum atomic E-state index is -3.93. The van der Waals surface area contributed by atoms with Crippen LogP contribution in [0.15, 0.2) is 53.4 Å². The van der Waals surface area contributed by atoms with Crippen molar-refractivity contribution in [2.45, 2.75) is 55.3 Å².